The van der Waals surface area contributed by atoms with Crippen molar-refractivity contribution in [2.24, 2.45) is 0 Å². The van der Waals surface area contributed by atoms with Crippen LogP contribution < -0.4 is 5.32 Å². The van der Waals surface area contributed by atoms with Crippen LogP contribution in [0.25, 0.3) is 0 Å². The van der Waals surface area contributed by atoms with E-state index in [9.17, 15) is 19.8 Å². The number of esters is 1. The van der Waals surface area contributed by atoms with Crippen molar-refractivity contribution in [1.82, 2.24) is 5.32 Å². The molecule has 6 nitrogen and oxygen atoms in total. The van der Waals surface area contributed by atoms with Crippen LogP contribution in [0.5, 0.6) is 0 Å². The third-order valence-corrected chi connectivity index (χ3v) is 11.4. The number of hydrogen-bond acceptors (Lipinski definition) is 5. The molecule has 0 aliphatic rings. The van der Waals surface area contributed by atoms with Crippen molar-refractivity contribution in [3.05, 3.63) is 48.6 Å². The van der Waals surface area contributed by atoms with Gasteiger partial charge in [-0.2, -0.15) is 0 Å². The number of unbranched alkanes of at least 4 members (excludes halogenated alkanes) is 28. The highest BCUT2D eigenvalue weighted by atomic mass is 16.5. The number of carbonyl (C=O) groups is 2. The molecule has 59 heavy (non-hydrogen) atoms. The monoisotopic (exact) mass is 828 g/mol. The van der Waals surface area contributed by atoms with Crippen molar-refractivity contribution in [2.75, 3.05) is 13.2 Å². The zero-order chi connectivity index (χ0) is 43.0. The zero-order valence-corrected chi connectivity index (χ0v) is 39.0. The van der Waals surface area contributed by atoms with Crippen LogP contribution in [0, 0.1) is 0 Å². The molecule has 2 unspecified atom stereocenters. The molecule has 0 saturated carbocycles. The first-order valence-electron chi connectivity index (χ1n) is 25.4. The summed E-state index contributed by atoms with van der Waals surface area (Å²) in [5, 5.41) is 23.0. The van der Waals surface area contributed by atoms with Gasteiger partial charge in [0.15, 0.2) is 0 Å². The van der Waals surface area contributed by atoms with Crippen molar-refractivity contribution in [1.29, 1.82) is 0 Å². The van der Waals surface area contributed by atoms with Gasteiger partial charge in [0.25, 0.3) is 0 Å². The van der Waals surface area contributed by atoms with E-state index in [1.807, 2.05) is 0 Å². The van der Waals surface area contributed by atoms with E-state index in [0.29, 0.717) is 25.9 Å². The lowest BCUT2D eigenvalue weighted by Crippen LogP contribution is -2.45. The number of hydrogen-bond donors (Lipinski definition) is 3. The minimum absolute atomic E-state index is 0.0302. The number of amides is 1. The van der Waals surface area contributed by atoms with Crippen molar-refractivity contribution in [3.8, 4) is 0 Å². The maximum Gasteiger partial charge on any atom is 0.305 e. The van der Waals surface area contributed by atoms with E-state index in [1.165, 1.54) is 135 Å². The van der Waals surface area contributed by atoms with Crippen LogP contribution >= 0.6 is 0 Å². The first-order chi connectivity index (χ1) is 29.0. The molecule has 0 aromatic rings. The van der Waals surface area contributed by atoms with E-state index >= 15 is 0 Å². The second kappa shape index (κ2) is 48.5. The van der Waals surface area contributed by atoms with Crippen LogP contribution in [0.15, 0.2) is 48.6 Å². The zero-order valence-electron chi connectivity index (χ0n) is 39.0. The average molecular weight is 828 g/mol. The molecule has 0 bridgehead atoms. The topological polar surface area (TPSA) is 95.9 Å². The number of carbonyl (C=O) groups excluding carboxylic acids is 2. The third kappa shape index (κ3) is 45.2. The van der Waals surface area contributed by atoms with Gasteiger partial charge < -0.3 is 20.3 Å². The largest absolute Gasteiger partial charge is 0.466 e. The number of nitrogens with one attached hydrogen (secondary N) is 1. The Morgan fingerprint density at radius 2 is 0.898 bits per heavy atom. The Morgan fingerprint density at radius 1 is 0.492 bits per heavy atom. The van der Waals surface area contributed by atoms with E-state index in [0.717, 1.165) is 83.5 Å². The molecule has 0 fully saturated rings. The van der Waals surface area contributed by atoms with Crippen LogP contribution in [0.3, 0.4) is 0 Å². The molecular weight excluding hydrogens is 731 g/mol. The van der Waals surface area contributed by atoms with Crippen LogP contribution in [0.2, 0.25) is 0 Å². The van der Waals surface area contributed by atoms with E-state index in [4.69, 9.17) is 4.74 Å². The van der Waals surface area contributed by atoms with Crippen LogP contribution in [0.1, 0.15) is 251 Å². The highest BCUT2D eigenvalue weighted by molar-refractivity contribution is 5.76. The van der Waals surface area contributed by atoms with Gasteiger partial charge in [-0.1, -0.05) is 197 Å². The van der Waals surface area contributed by atoms with E-state index in [-0.39, 0.29) is 18.5 Å². The molecule has 0 saturated heterocycles. The van der Waals surface area contributed by atoms with Gasteiger partial charge in [0.05, 0.1) is 25.4 Å². The molecule has 2 atom stereocenters. The van der Waals surface area contributed by atoms with Gasteiger partial charge >= 0.3 is 5.97 Å². The summed E-state index contributed by atoms with van der Waals surface area (Å²) in [6.07, 6.45) is 59.4. The Labute approximate surface area is 366 Å². The Morgan fingerprint density at radius 3 is 1.41 bits per heavy atom. The summed E-state index contributed by atoms with van der Waals surface area (Å²) in [4.78, 5) is 24.4. The van der Waals surface area contributed by atoms with Crippen molar-refractivity contribution < 1.29 is 24.5 Å². The Balaban J connectivity index is 3.51. The minimum atomic E-state index is -0.677. The molecule has 0 aromatic heterocycles. The van der Waals surface area contributed by atoms with E-state index in [1.54, 1.807) is 0 Å². The quantitative estimate of drug-likeness (QED) is 0.0246. The van der Waals surface area contributed by atoms with Gasteiger partial charge in [-0.05, 0) is 89.9 Å². The summed E-state index contributed by atoms with van der Waals surface area (Å²) in [7, 11) is 0. The Kier molecular flexibility index (Phi) is 46.7. The molecule has 344 valence electrons. The predicted molar refractivity (Wildman–Crippen MR) is 255 cm³/mol. The Bertz CT molecular complexity index is 1000. The van der Waals surface area contributed by atoms with Crippen molar-refractivity contribution >= 4 is 11.9 Å². The van der Waals surface area contributed by atoms with Crippen molar-refractivity contribution in [3.63, 3.8) is 0 Å². The van der Waals surface area contributed by atoms with Gasteiger partial charge in [-0.25, -0.2) is 0 Å². The third-order valence-electron chi connectivity index (χ3n) is 11.4. The Hall–Kier alpha value is -2.18. The normalized spacial score (nSPS) is 13.1. The van der Waals surface area contributed by atoms with Crippen molar-refractivity contribution in [2.45, 2.75) is 264 Å². The molecule has 0 spiro atoms. The minimum Gasteiger partial charge on any atom is -0.466 e. The van der Waals surface area contributed by atoms with Crippen LogP contribution in [-0.2, 0) is 14.3 Å². The van der Waals surface area contributed by atoms with Crippen LogP contribution in [-0.4, -0.2) is 47.4 Å². The molecular formula is C53H97NO5. The maximum atomic E-state index is 12.4. The molecule has 0 aromatic carbocycles. The first kappa shape index (κ1) is 56.8. The average Bonchev–Trinajstić information content (AvgIpc) is 3.24. The fraction of sp³-hybridized carbons (Fsp3) is 0.811. The second-order valence-corrected chi connectivity index (χ2v) is 17.2. The highest BCUT2D eigenvalue weighted by Crippen LogP contribution is 2.15. The fourth-order valence-electron chi connectivity index (χ4n) is 7.42. The highest BCUT2D eigenvalue weighted by Gasteiger charge is 2.20. The summed E-state index contributed by atoms with van der Waals surface area (Å²) < 4.78 is 5.44. The summed E-state index contributed by atoms with van der Waals surface area (Å²) in [5.74, 6) is -0.0922. The van der Waals surface area contributed by atoms with E-state index in [2.05, 4.69) is 67.8 Å². The van der Waals surface area contributed by atoms with Gasteiger partial charge in [0, 0.05) is 12.8 Å². The smallest absolute Gasteiger partial charge is 0.305 e. The molecule has 3 N–H and O–H groups in total. The fourth-order valence-corrected chi connectivity index (χ4v) is 7.42. The number of aliphatic hydroxyl groups is 2. The maximum absolute atomic E-state index is 12.4. The lowest BCUT2D eigenvalue weighted by molar-refractivity contribution is -0.143. The molecule has 0 aliphatic carbocycles. The molecule has 0 heterocycles. The lowest BCUT2D eigenvalue weighted by Gasteiger charge is -2.22. The van der Waals surface area contributed by atoms with E-state index < -0.39 is 12.1 Å². The summed E-state index contributed by atoms with van der Waals surface area (Å²) in [6.45, 7) is 4.84. The number of allylic oxidation sites excluding steroid dienone is 8. The molecule has 0 rings (SSSR count). The standard InChI is InChI=1S/C53H97NO5/c1-3-5-7-9-11-13-14-15-16-17-18-21-24-27-31-35-39-43-47-53(58)59-48-44-40-36-32-28-25-22-19-20-23-26-30-34-38-42-46-52(57)54-50(49-55)51(56)45-41-37-33-29-12-10-8-6-4-2/h13-14,16-17,19,22,25,28,50-51,55-56H,3-12,15,18,20-21,23-24,26-27,29-49H2,1-2H3,(H,54,57)/b14-13-,17-16-,22-19-,28-25-. The molecule has 6 heteroatoms. The first-order valence-corrected chi connectivity index (χ1v) is 25.4. The molecule has 0 aliphatic heterocycles. The van der Waals surface area contributed by atoms with Gasteiger partial charge in [-0.15, -0.1) is 0 Å². The number of aliphatic hydroxyl groups excluding tert-OH is 2. The molecule has 1 amide bonds. The lowest BCUT2D eigenvalue weighted by atomic mass is 10.0. The number of ether oxygens (including phenoxy) is 1. The van der Waals surface area contributed by atoms with Gasteiger partial charge in [-0.3, -0.25) is 9.59 Å². The summed E-state index contributed by atoms with van der Waals surface area (Å²) in [6, 6.07) is -0.557. The predicted octanol–water partition coefficient (Wildman–Crippen LogP) is 15.1. The summed E-state index contributed by atoms with van der Waals surface area (Å²) in [5.41, 5.74) is 0. The second-order valence-electron chi connectivity index (χ2n) is 17.2. The van der Waals surface area contributed by atoms with Crippen LogP contribution in [0.4, 0.5) is 0 Å². The summed E-state index contributed by atoms with van der Waals surface area (Å²) >= 11 is 0. The SMILES string of the molecule is CCCCCC/C=C\C/C=C\CCCCCCCCCC(=O)OCCCCC/C=C\C=C/CCCCCCCCC(=O)NC(CO)C(O)CCCCCCCCCCC. The van der Waals surface area contributed by atoms with Gasteiger partial charge in [0.1, 0.15) is 0 Å². The van der Waals surface area contributed by atoms with Gasteiger partial charge in [0.2, 0.25) is 5.91 Å². The number of rotatable bonds is 46. The molecule has 0 radical (unpaired) electrons.